The van der Waals surface area contributed by atoms with Crippen molar-refractivity contribution in [3.05, 3.63) is 82.4 Å². The zero-order chi connectivity index (χ0) is 24.3. The molecule has 0 amide bonds. The third-order valence-electron chi connectivity index (χ3n) is 4.65. The van der Waals surface area contributed by atoms with Crippen molar-refractivity contribution < 1.29 is 22.0 Å². The summed E-state index contributed by atoms with van der Waals surface area (Å²) in [5.41, 5.74) is 0.273. The van der Waals surface area contributed by atoms with E-state index in [1.54, 1.807) is 38.1 Å². The van der Waals surface area contributed by atoms with Crippen LogP contribution in [0.2, 0.25) is 0 Å². The van der Waals surface area contributed by atoms with Crippen LogP contribution in [0.3, 0.4) is 0 Å². The van der Waals surface area contributed by atoms with Gasteiger partial charge in [0.1, 0.15) is 11.6 Å². The lowest BCUT2D eigenvalue weighted by molar-refractivity contribution is -0.0890. The van der Waals surface area contributed by atoms with Crippen molar-refractivity contribution in [1.82, 2.24) is 5.32 Å². The van der Waals surface area contributed by atoms with Crippen LogP contribution in [0.15, 0.2) is 59.7 Å². The summed E-state index contributed by atoms with van der Waals surface area (Å²) in [7, 11) is 0. The summed E-state index contributed by atoms with van der Waals surface area (Å²) in [6, 6.07) is 10.4. The fraction of sp³-hybridized carbons (Fsp3) is 0.360. The van der Waals surface area contributed by atoms with Gasteiger partial charge < -0.3 is 10.6 Å². The highest BCUT2D eigenvalue weighted by atomic mass is 19.4. The number of hydrogen-bond donors (Lipinski definition) is 2. The predicted octanol–water partition coefficient (Wildman–Crippen LogP) is 7.84. The maximum atomic E-state index is 14.8. The first kappa shape index (κ1) is 27.2. The normalized spacial score (nSPS) is 12.5. The lowest BCUT2D eigenvalue weighted by Crippen LogP contribution is -2.17. The first-order valence-corrected chi connectivity index (χ1v) is 10.7. The van der Waals surface area contributed by atoms with Gasteiger partial charge in [-0.3, -0.25) is 0 Å². The summed E-state index contributed by atoms with van der Waals surface area (Å²) in [5, 5.41) is 5.75. The molecule has 2 nitrogen and oxygen atoms in total. The topological polar surface area (TPSA) is 24.1 Å². The standard InChI is InChI=1S/C23H25F5N2.C2H6/c1-4-15(3)19(23(26,27)28)13-22(29-5-2)18-11-10-17(12-21(18)25)30-14-16-8-6-7-9-20(16)24;1-2/h6-13,29-30H,4-5,14H2,1-3H3;1-2H3/b19-15?,22-13-;. The minimum absolute atomic E-state index is 0.0268. The van der Waals surface area contributed by atoms with Crippen molar-refractivity contribution in [3.63, 3.8) is 0 Å². The molecule has 0 aliphatic carbocycles. The first-order valence-electron chi connectivity index (χ1n) is 10.7. The Bertz CT molecular complexity index is 930. The first-order chi connectivity index (χ1) is 15.2. The Morgan fingerprint density at radius 3 is 2.16 bits per heavy atom. The fourth-order valence-electron chi connectivity index (χ4n) is 2.88. The third-order valence-corrected chi connectivity index (χ3v) is 4.65. The number of nitrogens with one attached hydrogen (secondary N) is 2. The number of benzene rings is 2. The van der Waals surface area contributed by atoms with Gasteiger partial charge in [-0.2, -0.15) is 13.2 Å². The average Bonchev–Trinajstić information content (AvgIpc) is 2.76. The molecule has 0 unspecified atom stereocenters. The van der Waals surface area contributed by atoms with Gasteiger partial charge in [-0.25, -0.2) is 8.78 Å². The Balaban J connectivity index is 0.00000249. The number of alkyl halides is 3. The number of hydrogen-bond acceptors (Lipinski definition) is 2. The van der Waals surface area contributed by atoms with Gasteiger partial charge in [-0.05, 0) is 50.6 Å². The molecule has 2 aromatic rings. The lowest BCUT2D eigenvalue weighted by atomic mass is 10.0. The summed E-state index contributed by atoms with van der Waals surface area (Å²) in [6.07, 6.45) is -3.36. The zero-order valence-electron chi connectivity index (χ0n) is 19.1. The Hall–Kier alpha value is -2.83. The Morgan fingerprint density at radius 2 is 1.62 bits per heavy atom. The van der Waals surface area contributed by atoms with Gasteiger partial charge in [0.25, 0.3) is 0 Å². The van der Waals surface area contributed by atoms with Crippen LogP contribution < -0.4 is 10.6 Å². The maximum absolute atomic E-state index is 14.8. The van der Waals surface area contributed by atoms with E-state index in [2.05, 4.69) is 10.6 Å². The third kappa shape index (κ3) is 7.70. The number of halogens is 5. The highest BCUT2D eigenvalue weighted by Gasteiger charge is 2.34. The minimum atomic E-state index is -4.54. The van der Waals surface area contributed by atoms with E-state index in [-0.39, 0.29) is 35.6 Å². The Labute approximate surface area is 187 Å². The van der Waals surface area contributed by atoms with Crippen LogP contribution >= 0.6 is 0 Å². The lowest BCUT2D eigenvalue weighted by Gasteiger charge is -2.17. The molecule has 0 atom stereocenters. The molecule has 0 fully saturated rings. The highest BCUT2D eigenvalue weighted by Crippen LogP contribution is 2.33. The number of anilines is 1. The molecule has 0 saturated heterocycles. The SMILES string of the molecule is CC.CCN/C(=C\C(=C(C)CC)C(F)(F)F)c1ccc(NCc2ccccc2F)cc1F. The molecular weight excluding hydrogens is 423 g/mol. The van der Waals surface area contributed by atoms with Crippen molar-refractivity contribution in [1.29, 1.82) is 0 Å². The molecule has 0 bridgehead atoms. The molecule has 32 heavy (non-hydrogen) atoms. The Kier molecular flexibility index (Phi) is 11.0. The molecule has 7 heteroatoms. The molecule has 0 heterocycles. The summed E-state index contributed by atoms with van der Waals surface area (Å²) < 4.78 is 68.9. The average molecular weight is 455 g/mol. The van der Waals surface area contributed by atoms with Crippen LogP contribution in [0, 0.1) is 11.6 Å². The van der Waals surface area contributed by atoms with E-state index in [1.165, 1.54) is 25.1 Å². The molecule has 176 valence electrons. The van der Waals surface area contributed by atoms with Crippen LogP contribution in [0.4, 0.5) is 27.6 Å². The summed E-state index contributed by atoms with van der Waals surface area (Å²) in [6.45, 7) is 9.25. The van der Waals surface area contributed by atoms with E-state index < -0.39 is 17.6 Å². The van der Waals surface area contributed by atoms with Crippen LogP contribution in [-0.2, 0) is 6.54 Å². The quantitative estimate of drug-likeness (QED) is 0.314. The molecule has 2 aromatic carbocycles. The van der Waals surface area contributed by atoms with Crippen LogP contribution in [0.1, 0.15) is 52.2 Å². The molecule has 0 aliphatic rings. The van der Waals surface area contributed by atoms with Crippen molar-refractivity contribution >= 4 is 11.4 Å². The van der Waals surface area contributed by atoms with Crippen molar-refractivity contribution in [3.8, 4) is 0 Å². The van der Waals surface area contributed by atoms with Crippen molar-refractivity contribution in [2.75, 3.05) is 11.9 Å². The van der Waals surface area contributed by atoms with Gasteiger partial charge in [0.15, 0.2) is 0 Å². The number of rotatable bonds is 8. The van der Waals surface area contributed by atoms with Gasteiger partial charge in [-0.1, -0.05) is 44.5 Å². The smallest absolute Gasteiger partial charge is 0.385 e. The van der Waals surface area contributed by atoms with Crippen molar-refractivity contribution in [2.24, 2.45) is 0 Å². The summed E-state index contributed by atoms with van der Waals surface area (Å²) >= 11 is 0. The monoisotopic (exact) mass is 454 g/mol. The molecule has 0 aliphatic heterocycles. The van der Waals surface area contributed by atoms with Gasteiger partial charge in [0, 0.05) is 35.6 Å². The van der Waals surface area contributed by atoms with Crippen LogP contribution in [0.5, 0.6) is 0 Å². The molecule has 2 rings (SSSR count). The van der Waals surface area contributed by atoms with E-state index in [1.807, 2.05) is 13.8 Å². The zero-order valence-corrected chi connectivity index (χ0v) is 19.1. The molecule has 0 aromatic heterocycles. The van der Waals surface area contributed by atoms with Gasteiger partial charge in [0.2, 0.25) is 0 Å². The fourth-order valence-corrected chi connectivity index (χ4v) is 2.88. The van der Waals surface area contributed by atoms with E-state index in [9.17, 15) is 22.0 Å². The van der Waals surface area contributed by atoms with E-state index in [0.717, 1.165) is 6.08 Å². The Morgan fingerprint density at radius 1 is 0.969 bits per heavy atom. The van der Waals surface area contributed by atoms with Crippen LogP contribution in [-0.4, -0.2) is 12.7 Å². The molecule has 0 spiro atoms. The van der Waals surface area contributed by atoms with Gasteiger partial charge in [0.05, 0.1) is 5.57 Å². The molecule has 0 radical (unpaired) electrons. The highest BCUT2D eigenvalue weighted by molar-refractivity contribution is 5.69. The second kappa shape index (κ2) is 12.9. The predicted molar refractivity (Wildman–Crippen MR) is 122 cm³/mol. The van der Waals surface area contributed by atoms with E-state index in [4.69, 9.17) is 0 Å². The molecule has 2 N–H and O–H groups in total. The van der Waals surface area contributed by atoms with Gasteiger partial charge >= 0.3 is 6.18 Å². The second-order valence-electron chi connectivity index (χ2n) is 6.77. The summed E-state index contributed by atoms with van der Waals surface area (Å²) in [4.78, 5) is 0. The second-order valence-corrected chi connectivity index (χ2v) is 6.77. The minimum Gasteiger partial charge on any atom is -0.385 e. The molecule has 0 saturated carbocycles. The largest absolute Gasteiger partial charge is 0.416 e. The van der Waals surface area contributed by atoms with Crippen LogP contribution in [0.25, 0.3) is 5.70 Å². The van der Waals surface area contributed by atoms with E-state index >= 15 is 0 Å². The summed E-state index contributed by atoms with van der Waals surface area (Å²) in [5.74, 6) is -1.06. The van der Waals surface area contributed by atoms with Crippen molar-refractivity contribution in [2.45, 2.75) is 53.8 Å². The maximum Gasteiger partial charge on any atom is 0.416 e. The van der Waals surface area contributed by atoms with Gasteiger partial charge in [-0.15, -0.1) is 0 Å². The van der Waals surface area contributed by atoms with E-state index in [0.29, 0.717) is 17.8 Å². The molecular formula is C25H31F5N2. The number of allylic oxidation sites excluding steroid dienone is 3.